The summed E-state index contributed by atoms with van der Waals surface area (Å²) < 4.78 is 44.5. The maximum atomic E-state index is 12.2. The fourth-order valence-electron chi connectivity index (χ4n) is 1.15. The van der Waals surface area contributed by atoms with Crippen LogP contribution in [-0.2, 0) is 9.53 Å². The largest absolute Gasteiger partial charge is 0.573 e. The quantitative estimate of drug-likeness (QED) is 0.471. The van der Waals surface area contributed by atoms with Gasteiger partial charge in [-0.25, -0.2) is 4.79 Å². The number of methoxy groups -OCH3 is 1. The third kappa shape index (κ3) is 3.84. The van der Waals surface area contributed by atoms with Gasteiger partial charge in [0.1, 0.15) is 5.75 Å². The van der Waals surface area contributed by atoms with Crippen LogP contribution in [0.2, 0.25) is 5.02 Å². The number of hydrogen-bond donors (Lipinski definition) is 0. The van der Waals surface area contributed by atoms with Crippen molar-refractivity contribution in [2.45, 2.75) is 6.36 Å². The molecule has 1 aromatic carbocycles. The van der Waals surface area contributed by atoms with Crippen LogP contribution in [0.4, 0.5) is 13.2 Å². The molecule has 104 valence electrons. The number of ketones is 1. The van der Waals surface area contributed by atoms with Crippen molar-refractivity contribution in [2.24, 2.45) is 0 Å². The molecule has 0 saturated carbocycles. The van der Waals surface area contributed by atoms with E-state index in [4.69, 9.17) is 11.6 Å². The molecule has 0 N–H and O–H groups in total. The van der Waals surface area contributed by atoms with Gasteiger partial charge >= 0.3 is 12.3 Å². The Morgan fingerprint density at radius 1 is 1.32 bits per heavy atom. The van der Waals surface area contributed by atoms with Gasteiger partial charge in [0.15, 0.2) is 0 Å². The van der Waals surface area contributed by atoms with Crippen molar-refractivity contribution < 1.29 is 32.2 Å². The molecule has 0 aliphatic carbocycles. The Hall–Kier alpha value is -1.28. The summed E-state index contributed by atoms with van der Waals surface area (Å²) in [5.41, 5.74) is -0.722. The number of benzene rings is 1. The second-order valence-electron chi connectivity index (χ2n) is 3.10. The number of carbonyl (C=O) groups is 2. The van der Waals surface area contributed by atoms with Gasteiger partial charge in [-0.05, 0) is 28.1 Å². The lowest BCUT2D eigenvalue weighted by Gasteiger charge is -2.13. The topological polar surface area (TPSA) is 52.6 Å². The van der Waals surface area contributed by atoms with Gasteiger partial charge < -0.3 is 9.47 Å². The van der Waals surface area contributed by atoms with Gasteiger partial charge in [-0.3, -0.25) is 4.79 Å². The number of Topliss-reactive ketones (excluding diaryl/α,β-unsaturated/α-hetero) is 1. The normalized spacial score (nSPS) is 11.1. The van der Waals surface area contributed by atoms with Crippen LogP contribution >= 0.6 is 27.5 Å². The summed E-state index contributed by atoms with van der Waals surface area (Å²) in [4.78, 5) is 22.7. The Morgan fingerprint density at radius 3 is 2.37 bits per heavy atom. The van der Waals surface area contributed by atoms with Gasteiger partial charge in [-0.15, -0.1) is 13.2 Å². The Kier molecular flexibility index (Phi) is 4.81. The highest BCUT2D eigenvalue weighted by atomic mass is 79.9. The molecule has 0 fully saturated rings. The Morgan fingerprint density at radius 2 is 1.89 bits per heavy atom. The van der Waals surface area contributed by atoms with E-state index in [9.17, 15) is 22.8 Å². The summed E-state index contributed by atoms with van der Waals surface area (Å²) in [5, 5.41) is -0.378. The molecule has 0 heterocycles. The third-order valence-corrected chi connectivity index (χ3v) is 3.16. The van der Waals surface area contributed by atoms with Crippen LogP contribution < -0.4 is 4.74 Å². The average Bonchev–Trinajstić information content (AvgIpc) is 2.30. The van der Waals surface area contributed by atoms with E-state index in [0.717, 1.165) is 19.2 Å². The summed E-state index contributed by atoms with van der Waals surface area (Å²) in [6, 6.07) is 2.01. The minimum Gasteiger partial charge on any atom is -0.463 e. The molecule has 0 aromatic heterocycles. The van der Waals surface area contributed by atoms with E-state index in [1.165, 1.54) is 0 Å². The number of ether oxygens (including phenoxy) is 2. The summed E-state index contributed by atoms with van der Waals surface area (Å²) >= 11 is 8.63. The van der Waals surface area contributed by atoms with E-state index < -0.39 is 29.4 Å². The number of halogens is 5. The van der Waals surface area contributed by atoms with Gasteiger partial charge in [-0.2, -0.15) is 0 Å². The van der Waals surface area contributed by atoms with Gasteiger partial charge in [0.2, 0.25) is 0 Å². The van der Waals surface area contributed by atoms with Crippen LogP contribution in [0.3, 0.4) is 0 Å². The fourth-order valence-corrected chi connectivity index (χ4v) is 1.72. The van der Waals surface area contributed by atoms with Crippen LogP contribution in [0.15, 0.2) is 16.6 Å². The maximum Gasteiger partial charge on any atom is 0.573 e. The number of esters is 1. The van der Waals surface area contributed by atoms with Crippen LogP contribution in [-0.4, -0.2) is 25.2 Å². The van der Waals surface area contributed by atoms with E-state index >= 15 is 0 Å². The van der Waals surface area contributed by atoms with Crippen molar-refractivity contribution in [1.29, 1.82) is 0 Å². The van der Waals surface area contributed by atoms with Crippen molar-refractivity contribution in [3.05, 3.63) is 27.2 Å². The lowest BCUT2D eigenvalue weighted by molar-refractivity contribution is -0.274. The standard InChI is InChI=1S/C10H5BrClF3O4/c1-18-9(17)8(16)6-5(19-10(13,14)15)3-2-4(11)7(6)12/h2-3H,1H3. The van der Waals surface area contributed by atoms with Crippen LogP contribution in [0.25, 0.3) is 0 Å². The van der Waals surface area contributed by atoms with Gasteiger partial charge in [0, 0.05) is 4.47 Å². The molecule has 1 rings (SSSR count). The highest BCUT2D eigenvalue weighted by molar-refractivity contribution is 9.10. The summed E-state index contributed by atoms with van der Waals surface area (Å²) in [6.45, 7) is 0. The van der Waals surface area contributed by atoms with Crippen molar-refractivity contribution in [1.82, 2.24) is 0 Å². The molecule has 9 heteroatoms. The molecule has 0 atom stereocenters. The van der Waals surface area contributed by atoms with E-state index in [2.05, 4.69) is 25.4 Å². The third-order valence-electron chi connectivity index (χ3n) is 1.88. The molecule has 19 heavy (non-hydrogen) atoms. The molecule has 1 aromatic rings. The summed E-state index contributed by atoms with van der Waals surface area (Å²) in [5.74, 6) is -3.57. The predicted molar refractivity (Wildman–Crippen MR) is 62.2 cm³/mol. The molecular weight excluding hydrogens is 356 g/mol. The summed E-state index contributed by atoms with van der Waals surface area (Å²) in [7, 11) is 0.913. The first-order valence-electron chi connectivity index (χ1n) is 4.53. The molecule has 0 saturated heterocycles. The van der Waals surface area contributed by atoms with Crippen molar-refractivity contribution >= 4 is 39.3 Å². The number of rotatable bonds is 3. The molecular formula is C10H5BrClF3O4. The van der Waals surface area contributed by atoms with Gasteiger partial charge in [0.05, 0.1) is 17.7 Å². The Bertz CT molecular complexity index is 530. The predicted octanol–water partition coefficient (Wildman–Crippen LogP) is 3.36. The minimum absolute atomic E-state index is 0.135. The zero-order valence-electron chi connectivity index (χ0n) is 9.18. The average molecular weight is 361 g/mol. The maximum absolute atomic E-state index is 12.2. The lowest BCUT2D eigenvalue weighted by atomic mass is 10.1. The van der Waals surface area contributed by atoms with E-state index in [-0.39, 0.29) is 9.50 Å². The highest BCUT2D eigenvalue weighted by Crippen LogP contribution is 2.36. The zero-order valence-corrected chi connectivity index (χ0v) is 11.5. The van der Waals surface area contributed by atoms with Crippen LogP contribution in [0.5, 0.6) is 5.75 Å². The second-order valence-corrected chi connectivity index (χ2v) is 4.34. The molecule has 0 bridgehead atoms. The Balaban J connectivity index is 3.37. The first-order valence-corrected chi connectivity index (χ1v) is 5.71. The van der Waals surface area contributed by atoms with E-state index in [1.807, 2.05) is 0 Å². The van der Waals surface area contributed by atoms with Crippen LogP contribution in [0, 0.1) is 0 Å². The Labute approximate surface area is 118 Å². The van der Waals surface area contributed by atoms with E-state index in [0.29, 0.717) is 0 Å². The van der Waals surface area contributed by atoms with Gasteiger partial charge in [0.25, 0.3) is 5.78 Å². The highest BCUT2D eigenvalue weighted by Gasteiger charge is 2.35. The zero-order chi connectivity index (χ0) is 14.8. The van der Waals surface area contributed by atoms with Gasteiger partial charge in [-0.1, -0.05) is 11.6 Å². The van der Waals surface area contributed by atoms with Crippen molar-refractivity contribution in [3.63, 3.8) is 0 Å². The molecule has 0 radical (unpaired) electrons. The first-order chi connectivity index (χ1) is 8.67. The fraction of sp³-hybridized carbons (Fsp3) is 0.200. The molecule has 0 amide bonds. The first kappa shape index (κ1) is 15.8. The van der Waals surface area contributed by atoms with Crippen molar-refractivity contribution in [2.75, 3.05) is 7.11 Å². The second kappa shape index (κ2) is 5.79. The van der Waals surface area contributed by atoms with Crippen LogP contribution in [0.1, 0.15) is 10.4 Å². The van der Waals surface area contributed by atoms with E-state index in [1.54, 1.807) is 0 Å². The summed E-state index contributed by atoms with van der Waals surface area (Å²) in [6.07, 6.45) is -5.03. The SMILES string of the molecule is COC(=O)C(=O)c1c(OC(F)(F)F)ccc(Br)c1Cl. The monoisotopic (exact) mass is 360 g/mol. The van der Waals surface area contributed by atoms with Crippen molar-refractivity contribution in [3.8, 4) is 5.75 Å². The number of hydrogen-bond acceptors (Lipinski definition) is 4. The lowest BCUT2D eigenvalue weighted by Crippen LogP contribution is -2.22. The smallest absolute Gasteiger partial charge is 0.463 e. The molecule has 0 aliphatic rings. The number of alkyl halides is 3. The molecule has 4 nitrogen and oxygen atoms in total. The minimum atomic E-state index is -5.03. The number of carbonyl (C=O) groups excluding carboxylic acids is 2. The molecule has 0 spiro atoms. The molecule has 0 aliphatic heterocycles. The molecule has 0 unspecified atom stereocenters.